The number of hydrogen-bond donors (Lipinski definition) is 1. The Hall–Kier alpha value is -3.99. The first-order chi connectivity index (χ1) is 21.6. The molecule has 1 aliphatic heterocycles. The second-order valence-electron chi connectivity index (χ2n) is 11.9. The fraction of sp³-hybridized carbons (Fsp3) is 0.441. The number of pyridine rings is 1. The number of halogens is 1. The van der Waals surface area contributed by atoms with E-state index < -0.39 is 6.04 Å². The minimum atomic E-state index is -0.765. The molecule has 0 bridgehead atoms. The van der Waals surface area contributed by atoms with E-state index in [1.165, 1.54) is 11.8 Å². The zero-order chi connectivity index (χ0) is 32.1. The van der Waals surface area contributed by atoms with E-state index in [-0.39, 0.29) is 24.1 Å². The van der Waals surface area contributed by atoms with Crippen LogP contribution in [0, 0.1) is 6.92 Å². The molecule has 11 heteroatoms. The quantitative estimate of drug-likeness (QED) is 0.191. The van der Waals surface area contributed by atoms with E-state index in [0.717, 1.165) is 85.6 Å². The molecule has 0 spiro atoms. The highest BCUT2D eigenvalue weighted by atomic mass is 79.9. The third kappa shape index (κ3) is 7.64. The van der Waals surface area contributed by atoms with Crippen LogP contribution < -0.4 is 5.32 Å². The van der Waals surface area contributed by atoms with Gasteiger partial charge in [-0.1, -0.05) is 38.2 Å². The lowest BCUT2D eigenvalue weighted by Crippen LogP contribution is -2.44. The fourth-order valence-electron chi connectivity index (χ4n) is 5.82. The molecule has 4 heterocycles. The summed E-state index contributed by atoms with van der Waals surface area (Å²) in [5, 5.41) is 8.32. The van der Waals surface area contributed by atoms with Crippen molar-refractivity contribution < 1.29 is 14.4 Å². The van der Waals surface area contributed by atoms with Crippen molar-refractivity contribution in [2.45, 2.75) is 91.1 Å². The highest BCUT2D eigenvalue weighted by molar-refractivity contribution is 9.10. The van der Waals surface area contributed by atoms with E-state index in [1.807, 2.05) is 25.1 Å². The van der Waals surface area contributed by atoms with Crippen LogP contribution in [0.15, 0.2) is 41.3 Å². The zero-order valence-corrected chi connectivity index (χ0v) is 28.0. The third-order valence-electron chi connectivity index (χ3n) is 8.59. The van der Waals surface area contributed by atoms with Gasteiger partial charge >= 0.3 is 0 Å². The maximum atomic E-state index is 13.7. The number of Topliss-reactive ketones (excluding diaryl/α,β-unsaturated/α-hetero) is 1. The monoisotopic (exact) mass is 673 g/mol. The molecule has 0 unspecified atom stereocenters. The number of fused-ring (bicyclic) bond motifs is 1. The molecule has 1 atom stereocenters. The van der Waals surface area contributed by atoms with Gasteiger partial charge in [0, 0.05) is 37.3 Å². The molecular formula is C34H40BrN7O3. The number of amides is 2. The number of benzene rings is 1. The highest BCUT2D eigenvalue weighted by Gasteiger charge is 2.26. The van der Waals surface area contributed by atoms with Crippen LogP contribution in [-0.2, 0) is 29.0 Å². The van der Waals surface area contributed by atoms with Crippen LogP contribution in [0.5, 0.6) is 0 Å². The molecule has 1 N–H and O–H groups in total. The molecule has 0 saturated carbocycles. The van der Waals surface area contributed by atoms with E-state index in [1.54, 1.807) is 31.0 Å². The van der Waals surface area contributed by atoms with E-state index >= 15 is 0 Å². The Morgan fingerprint density at radius 1 is 0.933 bits per heavy atom. The van der Waals surface area contributed by atoms with Crippen molar-refractivity contribution in [3.8, 4) is 11.1 Å². The van der Waals surface area contributed by atoms with Gasteiger partial charge in [-0.05, 0) is 90.4 Å². The smallest absolute Gasteiger partial charge is 0.248 e. The van der Waals surface area contributed by atoms with Gasteiger partial charge < -0.3 is 10.2 Å². The van der Waals surface area contributed by atoms with Crippen LogP contribution in [0.3, 0.4) is 0 Å². The summed E-state index contributed by atoms with van der Waals surface area (Å²) in [4.78, 5) is 54.5. The Labute approximate surface area is 272 Å². The maximum absolute atomic E-state index is 13.7. The average Bonchev–Trinajstić information content (AvgIpc) is 3.38. The second-order valence-corrected chi connectivity index (χ2v) is 12.7. The standard InChI is InChI=1S/C34H40BrN7O3/c1-21-34(45)39-33-24(14-15-29(35)38-33)12-10-8-6-5-7-9-11-13-25-16-26(27-18-36-23(3)37-19-27)17-28-31(22(2)43)40-42(32(25)28)20-30(44)41(21)4/h14-19,21H,5-13,20H2,1-4H3,(H,38,39,45)/t21-/m0/s1. The van der Waals surface area contributed by atoms with Crippen molar-refractivity contribution in [1.82, 2.24) is 29.6 Å². The van der Waals surface area contributed by atoms with Gasteiger partial charge in [-0.3, -0.25) is 19.1 Å². The van der Waals surface area contributed by atoms with Crippen molar-refractivity contribution >= 4 is 50.2 Å². The molecule has 4 aromatic rings. The minimum Gasteiger partial charge on any atom is -0.332 e. The number of nitrogens with zero attached hydrogens (tertiary/aromatic N) is 6. The first kappa shape index (κ1) is 32.4. The number of aromatic nitrogens is 5. The van der Waals surface area contributed by atoms with Gasteiger partial charge in [-0.15, -0.1) is 0 Å². The first-order valence-corrected chi connectivity index (χ1v) is 16.5. The van der Waals surface area contributed by atoms with Crippen LogP contribution in [0.4, 0.5) is 5.82 Å². The number of aryl methyl sites for hydroxylation is 3. The van der Waals surface area contributed by atoms with Crippen LogP contribution in [0.25, 0.3) is 22.0 Å². The number of nitrogens with one attached hydrogen (secondary N) is 1. The lowest BCUT2D eigenvalue weighted by atomic mass is 9.96. The van der Waals surface area contributed by atoms with Gasteiger partial charge in [-0.2, -0.15) is 5.10 Å². The summed E-state index contributed by atoms with van der Waals surface area (Å²) in [6.07, 6.45) is 12.8. The lowest BCUT2D eigenvalue weighted by Gasteiger charge is -2.25. The predicted molar refractivity (Wildman–Crippen MR) is 178 cm³/mol. The molecule has 1 aliphatic rings. The van der Waals surface area contributed by atoms with Gasteiger partial charge in [0.2, 0.25) is 11.8 Å². The Balaban J connectivity index is 1.52. The first-order valence-electron chi connectivity index (χ1n) is 15.7. The molecule has 10 nitrogen and oxygen atoms in total. The summed E-state index contributed by atoms with van der Waals surface area (Å²) >= 11 is 3.42. The van der Waals surface area contributed by atoms with Crippen molar-refractivity contribution in [3.05, 3.63) is 63.9 Å². The molecular weight excluding hydrogens is 634 g/mol. The summed E-state index contributed by atoms with van der Waals surface area (Å²) < 4.78 is 2.26. The van der Waals surface area contributed by atoms with Gasteiger partial charge in [0.1, 0.15) is 34.5 Å². The van der Waals surface area contributed by atoms with Gasteiger partial charge in [-0.25, -0.2) is 15.0 Å². The summed E-state index contributed by atoms with van der Waals surface area (Å²) in [7, 11) is 1.61. The average molecular weight is 675 g/mol. The summed E-state index contributed by atoms with van der Waals surface area (Å²) in [6, 6.07) is 7.16. The Morgan fingerprint density at radius 2 is 1.58 bits per heavy atom. The van der Waals surface area contributed by atoms with Crippen molar-refractivity contribution in [3.63, 3.8) is 0 Å². The second kappa shape index (κ2) is 14.4. The van der Waals surface area contributed by atoms with Gasteiger partial charge in [0.15, 0.2) is 5.78 Å². The maximum Gasteiger partial charge on any atom is 0.248 e. The van der Waals surface area contributed by atoms with Crippen molar-refractivity contribution in [2.24, 2.45) is 0 Å². The van der Waals surface area contributed by atoms with E-state index in [0.29, 0.717) is 27.3 Å². The van der Waals surface area contributed by atoms with Crippen LogP contribution in [0.1, 0.15) is 86.2 Å². The predicted octanol–water partition coefficient (Wildman–Crippen LogP) is 6.48. The SMILES string of the molecule is CC(=O)c1nn2c3c(cc(-c4cnc(C)nc4)cc13)CCCCCCCCCc1ccc(Br)nc1NC(=O)[C@H](C)N(C)C(=O)C2. The summed E-state index contributed by atoms with van der Waals surface area (Å²) in [6.45, 7) is 4.92. The fourth-order valence-corrected chi connectivity index (χ4v) is 6.13. The minimum absolute atomic E-state index is 0.113. The Bertz CT molecular complexity index is 1720. The molecule has 5 rings (SSSR count). The van der Waals surface area contributed by atoms with E-state index in [4.69, 9.17) is 0 Å². The van der Waals surface area contributed by atoms with E-state index in [2.05, 4.69) is 47.4 Å². The number of likely N-dealkylation sites (N-methyl/N-ethyl adjacent to an activating group) is 1. The van der Waals surface area contributed by atoms with Gasteiger partial charge in [0.05, 0.1) is 5.52 Å². The van der Waals surface area contributed by atoms with Crippen molar-refractivity contribution in [1.29, 1.82) is 0 Å². The zero-order valence-electron chi connectivity index (χ0n) is 26.4. The molecule has 3 aromatic heterocycles. The number of ketones is 1. The molecule has 2 amide bonds. The Kier molecular flexibility index (Phi) is 10.4. The number of carbonyl (C=O) groups excluding carboxylic acids is 3. The van der Waals surface area contributed by atoms with Crippen LogP contribution in [0.2, 0.25) is 0 Å². The number of rotatable bonds is 2. The Morgan fingerprint density at radius 3 is 2.24 bits per heavy atom. The molecule has 0 radical (unpaired) electrons. The van der Waals surface area contributed by atoms with Crippen LogP contribution >= 0.6 is 15.9 Å². The van der Waals surface area contributed by atoms with E-state index in [9.17, 15) is 14.4 Å². The number of carbonyl (C=O) groups is 3. The molecule has 0 saturated heterocycles. The summed E-state index contributed by atoms with van der Waals surface area (Å²) in [5.74, 6) is 0.393. The lowest BCUT2D eigenvalue weighted by molar-refractivity contribution is -0.137. The van der Waals surface area contributed by atoms with Crippen molar-refractivity contribution in [2.75, 3.05) is 12.4 Å². The molecule has 0 fully saturated rings. The molecule has 0 aliphatic carbocycles. The molecule has 45 heavy (non-hydrogen) atoms. The van der Waals surface area contributed by atoms with Crippen LogP contribution in [-0.4, -0.2) is 60.3 Å². The largest absolute Gasteiger partial charge is 0.332 e. The normalized spacial score (nSPS) is 17.5. The van der Waals surface area contributed by atoms with Gasteiger partial charge in [0.25, 0.3) is 0 Å². The summed E-state index contributed by atoms with van der Waals surface area (Å²) in [5.41, 5.74) is 4.84. The topological polar surface area (TPSA) is 123 Å². The third-order valence-corrected chi connectivity index (χ3v) is 9.03. The number of hydrogen-bond acceptors (Lipinski definition) is 7. The molecule has 1 aromatic carbocycles. The molecule has 236 valence electrons. The highest BCUT2D eigenvalue weighted by Crippen LogP contribution is 2.31. The number of anilines is 1.